The first-order chi connectivity index (χ1) is 6.20. The fourth-order valence-corrected chi connectivity index (χ4v) is 1.37. The van der Waals surface area contributed by atoms with E-state index in [0.717, 1.165) is 0 Å². The second-order valence-electron chi connectivity index (χ2n) is 3.00. The molecule has 0 atom stereocenters. The molecule has 66 valence electrons. The van der Waals surface area contributed by atoms with Gasteiger partial charge in [0.05, 0.1) is 0 Å². The van der Waals surface area contributed by atoms with E-state index in [0.29, 0.717) is 22.2 Å². The number of benzene rings is 1. The van der Waals surface area contributed by atoms with Gasteiger partial charge in [-0.25, -0.2) is 4.39 Å². The Bertz CT molecular complexity index is 466. The van der Waals surface area contributed by atoms with Crippen molar-refractivity contribution in [2.24, 2.45) is 0 Å². The van der Waals surface area contributed by atoms with Gasteiger partial charge < -0.3 is 5.73 Å². The molecule has 0 saturated heterocycles. The third-order valence-corrected chi connectivity index (χ3v) is 2.04. The lowest BCUT2D eigenvalue weighted by Crippen LogP contribution is -1.94. The molecule has 0 bridgehead atoms. The van der Waals surface area contributed by atoms with E-state index in [4.69, 9.17) is 5.73 Å². The number of nitrogen functional groups attached to an aromatic ring is 1. The summed E-state index contributed by atoms with van der Waals surface area (Å²) in [7, 11) is 0. The number of hydrogen-bond acceptors (Lipinski definition) is 2. The van der Waals surface area contributed by atoms with Crippen molar-refractivity contribution in [3.8, 4) is 0 Å². The topological polar surface area (TPSA) is 38.9 Å². The molecule has 0 amide bonds. The summed E-state index contributed by atoms with van der Waals surface area (Å²) in [6, 6.07) is 5.13. The smallest absolute Gasteiger partial charge is 0.152 e. The first-order valence-electron chi connectivity index (χ1n) is 3.99. The van der Waals surface area contributed by atoms with Gasteiger partial charge in [0.25, 0.3) is 0 Å². The summed E-state index contributed by atoms with van der Waals surface area (Å²) in [5.74, 6) is -0.287. The molecule has 2 aromatic rings. The number of anilines is 1. The molecular formula is C10H9FN2. The predicted molar refractivity (Wildman–Crippen MR) is 50.9 cm³/mol. The van der Waals surface area contributed by atoms with Crippen molar-refractivity contribution in [2.75, 3.05) is 5.73 Å². The summed E-state index contributed by atoms with van der Waals surface area (Å²) in [6.45, 7) is 1.68. The van der Waals surface area contributed by atoms with Crippen molar-refractivity contribution in [1.29, 1.82) is 0 Å². The van der Waals surface area contributed by atoms with Crippen molar-refractivity contribution in [3.63, 3.8) is 0 Å². The molecule has 0 aliphatic rings. The highest BCUT2D eigenvalue weighted by atomic mass is 19.1. The van der Waals surface area contributed by atoms with Gasteiger partial charge in [-0.2, -0.15) is 0 Å². The molecule has 0 fully saturated rings. The average molecular weight is 176 g/mol. The molecule has 0 saturated carbocycles. The molecular weight excluding hydrogens is 167 g/mol. The molecule has 13 heavy (non-hydrogen) atoms. The Balaban J connectivity index is 2.97. The normalized spacial score (nSPS) is 10.6. The van der Waals surface area contributed by atoms with E-state index in [1.807, 2.05) is 0 Å². The maximum absolute atomic E-state index is 13.5. The second-order valence-corrected chi connectivity index (χ2v) is 3.00. The molecule has 0 spiro atoms. The molecule has 3 heteroatoms. The number of aromatic nitrogens is 1. The minimum atomic E-state index is -0.287. The number of rotatable bonds is 0. The van der Waals surface area contributed by atoms with E-state index in [1.54, 1.807) is 31.3 Å². The molecule has 2 nitrogen and oxygen atoms in total. The Morgan fingerprint density at radius 3 is 3.00 bits per heavy atom. The first kappa shape index (κ1) is 7.98. The molecule has 0 aliphatic carbocycles. The van der Waals surface area contributed by atoms with Crippen molar-refractivity contribution < 1.29 is 4.39 Å². The van der Waals surface area contributed by atoms with Crippen LogP contribution in [0.4, 0.5) is 10.1 Å². The molecule has 0 unspecified atom stereocenters. The van der Waals surface area contributed by atoms with Gasteiger partial charge in [0.2, 0.25) is 0 Å². The van der Waals surface area contributed by atoms with Crippen molar-refractivity contribution in [2.45, 2.75) is 6.92 Å². The van der Waals surface area contributed by atoms with E-state index < -0.39 is 0 Å². The molecule has 2 rings (SSSR count). The third kappa shape index (κ3) is 1.13. The Kier molecular flexibility index (Phi) is 1.65. The Labute approximate surface area is 75.2 Å². The van der Waals surface area contributed by atoms with Crippen LogP contribution in [-0.4, -0.2) is 4.98 Å². The maximum atomic E-state index is 13.5. The van der Waals surface area contributed by atoms with Gasteiger partial charge >= 0.3 is 0 Å². The van der Waals surface area contributed by atoms with E-state index in [9.17, 15) is 4.39 Å². The van der Waals surface area contributed by atoms with Gasteiger partial charge in [-0.1, -0.05) is 0 Å². The summed E-state index contributed by atoms with van der Waals surface area (Å²) in [4.78, 5) is 3.95. The predicted octanol–water partition coefficient (Wildman–Crippen LogP) is 2.26. The minimum Gasteiger partial charge on any atom is -0.398 e. The van der Waals surface area contributed by atoms with Crippen LogP contribution < -0.4 is 5.73 Å². The largest absolute Gasteiger partial charge is 0.398 e. The second kappa shape index (κ2) is 2.69. The number of fused-ring (bicyclic) bond motifs is 1. The van der Waals surface area contributed by atoms with E-state index >= 15 is 0 Å². The highest BCUT2D eigenvalue weighted by molar-refractivity contribution is 5.91. The Morgan fingerprint density at radius 1 is 1.46 bits per heavy atom. The van der Waals surface area contributed by atoms with Crippen molar-refractivity contribution in [3.05, 3.63) is 35.8 Å². The van der Waals surface area contributed by atoms with Crippen molar-refractivity contribution in [1.82, 2.24) is 4.98 Å². The zero-order valence-corrected chi connectivity index (χ0v) is 7.21. The van der Waals surface area contributed by atoms with E-state index in [2.05, 4.69) is 4.98 Å². The number of nitrogens with two attached hydrogens (primary N) is 1. The molecule has 0 radical (unpaired) electrons. The summed E-state index contributed by atoms with van der Waals surface area (Å²) >= 11 is 0. The zero-order valence-electron chi connectivity index (χ0n) is 7.21. The summed E-state index contributed by atoms with van der Waals surface area (Å²) in [5.41, 5.74) is 7.17. The lowest BCUT2D eigenvalue weighted by molar-refractivity contribution is 0.628. The van der Waals surface area contributed by atoms with Gasteiger partial charge in [-0.3, -0.25) is 4.98 Å². The quantitative estimate of drug-likeness (QED) is 0.625. The Hall–Kier alpha value is -1.64. The van der Waals surface area contributed by atoms with E-state index in [-0.39, 0.29) is 5.82 Å². The summed E-state index contributed by atoms with van der Waals surface area (Å²) in [6.07, 6.45) is 1.56. The van der Waals surface area contributed by atoms with Crippen LogP contribution in [0, 0.1) is 12.7 Å². The van der Waals surface area contributed by atoms with Crippen LogP contribution >= 0.6 is 0 Å². The lowest BCUT2D eigenvalue weighted by Gasteiger charge is -2.04. The standard InChI is InChI=1S/C10H9FN2/c1-6-5-8(12)7-3-2-4-13-10(7)9(6)11/h2-5H,12H2,1H3. The van der Waals surface area contributed by atoms with Crippen LogP contribution in [0.25, 0.3) is 10.9 Å². The zero-order chi connectivity index (χ0) is 9.42. The number of pyridine rings is 1. The van der Waals surface area contributed by atoms with Gasteiger partial charge in [-0.05, 0) is 30.7 Å². The third-order valence-electron chi connectivity index (χ3n) is 2.04. The number of hydrogen-bond donors (Lipinski definition) is 1. The van der Waals surface area contributed by atoms with Crippen LogP contribution in [-0.2, 0) is 0 Å². The van der Waals surface area contributed by atoms with Crippen LogP contribution in [0.3, 0.4) is 0 Å². The van der Waals surface area contributed by atoms with Crippen LogP contribution in [0.1, 0.15) is 5.56 Å². The molecule has 1 aromatic heterocycles. The lowest BCUT2D eigenvalue weighted by atomic mass is 10.1. The van der Waals surface area contributed by atoms with Gasteiger partial charge in [-0.15, -0.1) is 0 Å². The average Bonchev–Trinajstić information content (AvgIpc) is 2.15. The fourth-order valence-electron chi connectivity index (χ4n) is 1.37. The molecule has 1 heterocycles. The van der Waals surface area contributed by atoms with Crippen LogP contribution in [0.5, 0.6) is 0 Å². The number of nitrogens with zero attached hydrogens (tertiary/aromatic N) is 1. The molecule has 1 aromatic carbocycles. The number of halogens is 1. The van der Waals surface area contributed by atoms with Crippen LogP contribution in [0.15, 0.2) is 24.4 Å². The molecule has 0 aliphatic heterocycles. The molecule has 2 N–H and O–H groups in total. The number of aryl methyl sites for hydroxylation is 1. The fraction of sp³-hybridized carbons (Fsp3) is 0.100. The SMILES string of the molecule is Cc1cc(N)c2cccnc2c1F. The summed E-state index contributed by atoms with van der Waals surface area (Å²) in [5, 5.41) is 0.672. The van der Waals surface area contributed by atoms with E-state index in [1.165, 1.54) is 0 Å². The minimum absolute atomic E-state index is 0.287. The van der Waals surface area contributed by atoms with Gasteiger partial charge in [0.1, 0.15) is 5.52 Å². The Morgan fingerprint density at radius 2 is 2.23 bits per heavy atom. The summed E-state index contributed by atoms with van der Waals surface area (Å²) < 4.78 is 13.5. The monoisotopic (exact) mass is 176 g/mol. The maximum Gasteiger partial charge on any atom is 0.152 e. The highest BCUT2D eigenvalue weighted by Crippen LogP contribution is 2.24. The van der Waals surface area contributed by atoms with Crippen molar-refractivity contribution >= 4 is 16.6 Å². The van der Waals surface area contributed by atoms with Gasteiger partial charge in [0.15, 0.2) is 5.82 Å². The van der Waals surface area contributed by atoms with Crippen LogP contribution in [0.2, 0.25) is 0 Å². The first-order valence-corrected chi connectivity index (χ1v) is 3.99. The highest BCUT2D eigenvalue weighted by Gasteiger charge is 2.07. The van der Waals surface area contributed by atoms with Gasteiger partial charge in [0, 0.05) is 17.3 Å².